The minimum Gasteiger partial charge on any atom is -0.494 e. The third-order valence-electron chi connectivity index (χ3n) is 7.55. The van der Waals surface area contributed by atoms with Crippen molar-refractivity contribution in [3.05, 3.63) is 91.7 Å². The predicted octanol–water partition coefficient (Wildman–Crippen LogP) is 8.99. The van der Waals surface area contributed by atoms with E-state index >= 15 is 0 Å². The molecule has 2 aromatic carbocycles. The van der Waals surface area contributed by atoms with Crippen molar-refractivity contribution in [1.82, 2.24) is 14.5 Å². The van der Waals surface area contributed by atoms with Crippen LogP contribution < -0.4 is 10.3 Å². The van der Waals surface area contributed by atoms with E-state index in [1.807, 2.05) is 25.7 Å². The Bertz CT molecular complexity index is 1810. The number of alkyl halides is 3. The van der Waals surface area contributed by atoms with Crippen LogP contribution in [-0.2, 0) is 6.18 Å². The zero-order valence-electron chi connectivity index (χ0n) is 25.4. The molecule has 4 aromatic rings. The molecule has 0 spiro atoms. The molecule has 2 aromatic heterocycles. The molecule has 1 saturated heterocycles. The van der Waals surface area contributed by atoms with Gasteiger partial charge in [0.05, 0.1) is 45.4 Å². The molecule has 1 fully saturated rings. The van der Waals surface area contributed by atoms with Crippen LogP contribution in [0.15, 0.2) is 64.3 Å². The minimum absolute atomic E-state index is 0.176. The van der Waals surface area contributed by atoms with Gasteiger partial charge < -0.3 is 9.64 Å². The molecule has 0 unspecified atom stereocenters. The van der Waals surface area contributed by atoms with Crippen LogP contribution in [0.1, 0.15) is 62.2 Å². The normalized spacial score (nSPS) is 15.2. The predicted molar refractivity (Wildman–Crippen MR) is 173 cm³/mol. The van der Waals surface area contributed by atoms with Crippen LogP contribution in [-0.4, -0.2) is 40.1 Å². The number of piperidine rings is 1. The molecule has 0 N–H and O–H groups in total. The third-order valence-corrected chi connectivity index (χ3v) is 8.75. The van der Waals surface area contributed by atoms with Gasteiger partial charge in [0.25, 0.3) is 11.5 Å². The van der Waals surface area contributed by atoms with Crippen molar-refractivity contribution in [2.24, 2.45) is 5.92 Å². The Morgan fingerprint density at radius 3 is 2.53 bits per heavy atom. The van der Waals surface area contributed by atoms with Crippen molar-refractivity contribution >= 4 is 34.9 Å². The van der Waals surface area contributed by atoms with Crippen molar-refractivity contribution in [1.29, 1.82) is 0 Å². The molecule has 45 heavy (non-hydrogen) atoms. The number of ether oxygens (including phenoxy) is 1. The molecule has 0 radical (unpaired) electrons. The Balaban J connectivity index is 1.74. The maximum Gasteiger partial charge on any atom is 0.416 e. The fourth-order valence-corrected chi connectivity index (χ4v) is 6.47. The number of rotatable bonds is 7. The highest BCUT2D eigenvalue weighted by atomic mass is 35.5. The van der Waals surface area contributed by atoms with E-state index in [2.05, 4.69) is 11.9 Å². The Morgan fingerprint density at radius 1 is 1.16 bits per heavy atom. The molecule has 1 amide bonds. The number of carbonyl (C=O) groups excluding carboxylic acids is 1. The number of carbonyl (C=O) groups is 1. The first kappa shape index (κ1) is 32.5. The molecule has 3 heterocycles. The average Bonchev–Trinajstić information content (AvgIpc) is 3.48. The highest BCUT2D eigenvalue weighted by Crippen LogP contribution is 2.35. The standard InChI is InChI=1S/C34H33ClF3N3O3S/c1-5-44-24-12-13-27(35)30(16-24)41-29(15-20(2)3)25(32(42)40-14-6-7-21(4)18-40)17-26(33(41)43)31-39-28(19-45-31)22-8-10-23(11-9-22)34(36,37)38/h8-13,15-17,19,21H,5-7,14,18H2,1-4H3/t21-/m1/s1. The van der Waals surface area contributed by atoms with Gasteiger partial charge in [-0.25, -0.2) is 4.98 Å². The van der Waals surface area contributed by atoms with Gasteiger partial charge in [-0.3, -0.25) is 14.2 Å². The average molecular weight is 656 g/mol. The van der Waals surface area contributed by atoms with Crippen LogP contribution in [0.3, 0.4) is 0 Å². The van der Waals surface area contributed by atoms with Crippen molar-refractivity contribution in [2.75, 3.05) is 19.7 Å². The van der Waals surface area contributed by atoms with E-state index in [1.54, 1.807) is 35.7 Å². The number of likely N-dealkylation sites (tertiary alicyclic amines) is 1. The van der Waals surface area contributed by atoms with Gasteiger partial charge in [-0.05, 0) is 75.9 Å². The first-order valence-electron chi connectivity index (χ1n) is 14.7. The first-order chi connectivity index (χ1) is 21.4. The summed E-state index contributed by atoms with van der Waals surface area (Å²) in [5.41, 5.74) is 1.78. The van der Waals surface area contributed by atoms with Crippen molar-refractivity contribution in [3.8, 4) is 33.3 Å². The SMILES string of the molecule is CCOc1ccc(Cl)c(-n2c(C=C(C)C)c(C(=O)N3CCC[C@@H](C)C3)cc(-c3nc(-c4ccc(C(F)(F)F)cc4)cs3)c2=O)c1. The first-order valence-corrected chi connectivity index (χ1v) is 15.9. The Hall–Kier alpha value is -3.89. The third kappa shape index (κ3) is 7.02. The van der Waals surface area contributed by atoms with Crippen LogP contribution in [0.5, 0.6) is 5.75 Å². The Kier molecular flexibility index (Phi) is 9.55. The van der Waals surface area contributed by atoms with Crippen LogP contribution in [0.25, 0.3) is 33.6 Å². The number of hydrogen-bond acceptors (Lipinski definition) is 5. The van der Waals surface area contributed by atoms with Gasteiger partial charge in [0.15, 0.2) is 0 Å². The maximum atomic E-state index is 14.4. The van der Waals surface area contributed by atoms with E-state index in [-0.39, 0.29) is 16.5 Å². The summed E-state index contributed by atoms with van der Waals surface area (Å²) in [4.78, 5) is 35.1. The molecular formula is C34H33ClF3N3O3S. The number of allylic oxidation sites excluding steroid dienone is 1. The molecule has 1 aliphatic rings. The van der Waals surface area contributed by atoms with Crippen molar-refractivity contribution < 1.29 is 22.7 Å². The van der Waals surface area contributed by atoms with Crippen LogP contribution in [0.2, 0.25) is 5.02 Å². The summed E-state index contributed by atoms with van der Waals surface area (Å²) in [6.45, 7) is 9.33. The number of pyridine rings is 1. The van der Waals surface area contributed by atoms with Gasteiger partial charge in [0, 0.05) is 30.1 Å². The molecule has 1 aliphatic heterocycles. The molecule has 6 nitrogen and oxygen atoms in total. The molecule has 0 saturated carbocycles. The van der Waals surface area contributed by atoms with Gasteiger partial charge in [-0.2, -0.15) is 13.2 Å². The summed E-state index contributed by atoms with van der Waals surface area (Å²) >= 11 is 7.89. The molecule has 1 atom stereocenters. The Labute approximate surface area is 268 Å². The number of benzene rings is 2. The van der Waals surface area contributed by atoms with Gasteiger partial charge >= 0.3 is 6.18 Å². The summed E-state index contributed by atoms with van der Waals surface area (Å²) in [6.07, 6.45) is -0.756. The topological polar surface area (TPSA) is 64.4 Å². The largest absolute Gasteiger partial charge is 0.494 e. The fourth-order valence-electron chi connectivity index (χ4n) is 5.43. The van der Waals surface area contributed by atoms with E-state index < -0.39 is 17.3 Å². The molecule has 0 aliphatic carbocycles. The summed E-state index contributed by atoms with van der Waals surface area (Å²) in [5, 5.41) is 2.30. The van der Waals surface area contributed by atoms with Crippen LogP contribution in [0.4, 0.5) is 13.2 Å². The van der Waals surface area contributed by atoms with E-state index in [0.717, 1.165) is 30.5 Å². The van der Waals surface area contributed by atoms with E-state index in [9.17, 15) is 22.8 Å². The van der Waals surface area contributed by atoms with Gasteiger partial charge in [-0.1, -0.05) is 36.2 Å². The van der Waals surface area contributed by atoms with Crippen LogP contribution in [0, 0.1) is 5.92 Å². The number of halogens is 4. The quantitative estimate of drug-likeness (QED) is 0.199. The number of nitrogens with zero attached hydrogens (tertiary/aromatic N) is 3. The maximum absolute atomic E-state index is 14.4. The second-order valence-corrected chi connectivity index (χ2v) is 12.6. The van der Waals surface area contributed by atoms with Gasteiger partial charge in [0.1, 0.15) is 10.8 Å². The lowest BCUT2D eigenvalue weighted by Gasteiger charge is -2.32. The van der Waals surface area contributed by atoms with E-state index in [0.29, 0.717) is 64.6 Å². The smallest absolute Gasteiger partial charge is 0.416 e. The summed E-state index contributed by atoms with van der Waals surface area (Å²) in [7, 11) is 0. The van der Waals surface area contributed by atoms with E-state index in [1.165, 1.54) is 28.0 Å². The van der Waals surface area contributed by atoms with Crippen molar-refractivity contribution in [2.45, 2.75) is 46.7 Å². The molecule has 236 valence electrons. The Morgan fingerprint density at radius 2 is 1.89 bits per heavy atom. The second-order valence-electron chi connectivity index (χ2n) is 11.4. The summed E-state index contributed by atoms with van der Waals surface area (Å²) in [5.74, 6) is 0.636. The van der Waals surface area contributed by atoms with Gasteiger partial charge in [-0.15, -0.1) is 11.3 Å². The zero-order chi connectivity index (χ0) is 32.5. The fraction of sp³-hybridized carbons (Fsp3) is 0.324. The summed E-state index contributed by atoms with van der Waals surface area (Å²) in [6, 6.07) is 11.3. The lowest BCUT2D eigenvalue weighted by atomic mass is 9.98. The minimum atomic E-state index is -4.46. The number of aromatic nitrogens is 2. The van der Waals surface area contributed by atoms with Crippen molar-refractivity contribution in [3.63, 3.8) is 0 Å². The lowest BCUT2D eigenvalue weighted by molar-refractivity contribution is -0.137. The molecule has 5 rings (SSSR count). The van der Waals surface area contributed by atoms with Gasteiger partial charge in [0.2, 0.25) is 0 Å². The summed E-state index contributed by atoms with van der Waals surface area (Å²) < 4.78 is 46.6. The number of amides is 1. The van der Waals surface area contributed by atoms with E-state index in [4.69, 9.17) is 16.3 Å². The molecular weight excluding hydrogens is 623 g/mol. The van der Waals surface area contributed by atoms with Crippen LogP contribution >= 0.6 is 22.9 Å². The number of hydrogen-bond donors (Lipinski definition) is 0. The zero-order valence-corrected chi connectivity index (χ0v) is 26.9. The lowest BCUT2D eigenvalue weighted by Crippen LogP contribution is -2.40. The molecule has 0 bridgehead atoms. The number of thiazole rings is 1. The second kappa shape index (κ2) is 13.2. The highest BCUT2D eigenvalue weighted by Gasteiger charge is 2.31. The monoisotopic (exact) mass is 655 g/mol. The highest BCUT2D eigenvalue weighted by molar-refractivity contribution is 7.13. The molecule has 11 heteroatoms.